The lowest BCUT2D eigenvalue weighted by atomic mass is 10.0. The Morgan fingerprint density at radius 2 is 0.511 bits per heavy atom. The molecular weight excluding hydrogens is 582 g/mol. The van der Waals surface area contributed by atoms with E-state index in [1.807, 2.05) is 0 Å². The van der Waals surface area contributed by atoms with E-state index in [9.17, 15) is 19.2 Å². The lowest BCUT2D eigenvalue weighted by Gasteiger charge is -2.23. The Hall–Kier alpha value is -1.36. The third kappa shape index (κ3) is 29.3. The number of rotatable bonds is 36. The molecule has 0 fully saturated rings. The zero-order chi connectivity index (χ0) is 34.9. The maximum Gasteiger partial charge on any atom is 0.328 e. The number of Topliss-reactive ketones (excluding diaryl/α,β-unsaturated/α-hetero) is 2. The molecule has 276 valence electrons. The predicted molar refractivity (Wildman–Crippen MR) is 200 cm³/mol. The van der Waals surface area contributed by atoms with Crippen LogP contribution >= 0.6 is 0 Å². The molecule has 0 aliphatic carbocycles. The van der Waals surface area contributed by atoms with Crippen LogP contribution in [0, 0.1) is 0 Å². The van der Waals surface area contributed by atoms with Crippen LogP contribution < -0.4 is 0 Å². The van der Waals surface area contributed by atoms with Gasteiger partial charge in [-0.05, 0) is 12.8 Å². The van der Waals surface area contributed by atoms with Crippen LogP contribution in [0.3, 0.4) is 0 Å². The number of ketones is 2. The Balaban J connectivity index is 3.76. The van der Waals surface area contributed by atoms with Crippen molar-refractivity contribution < 1.29 is 23.7 Å². The first kappa shape index (κ1) is 45.6. The molecule has 0 atom stereocenters. The molecule has 0 aliphatic heterocycles. The molecule has 0 bridgehead atoms. The molecule has 0 aromatic heterocycles. The van der Waals surface area contributed by atoms with E-state index in [1.165, 1.54) is 168 Å². The number of hydrogen-bond acceptors (Lipinski definition) is 4. The number of nitrogens with zero attached hydrogens (tertiary/aromatic N) is 1. The van der Waals surface area contributed by atoms with Gasteiger partial charge in [-0.2, -0.15) is 0 Å². The highest BCUT2D eigenvalue weighted by atomic mass is 16.2. The van der Waals surface area contributed by atoms with Gasteiger partial charge < -0.3 is 0 Å². The number of unbranched alkanes of at least 4 members (excludes halogenated alkanes) is 28. The SMILES string of the molecule is CCCCCCCCCCCCCCCCCC(=O)CC(=O)[N+](C)(C)C(=O)CC(=O)CCCCCCCCCCCCCCCCC. The zero-order valence-electron chi connectivity index (χ0n) is 32.1. The van der Waals surface area contributed by atoms with Crippen molar-refractivity contribution in [3.8, 4) is 0 Å². The van der Waals surface area contributed by atoms with Crippen LogP contribution in [0.4, 0.5) is 0 Å². The summed E-state index contributed by atoms with van der Waals surface area (Å²) in [5, 5.41) is 0. The molecule has 0 saturated heterocycles. The highest BCUT2D eigenvalue weighted by Crippen LogP contribution is 2.17. The van der Waals surface area contributed by atoms with Crippen LogP contribution in [0.1, 0.15) is 232 Å². The number of amides is 2. The van der Waals surface area contributed by atoms with Gasteiger partial charge in [0.05, 0.1) is 14.1 Å². The third-order valence-electron chi connectivity index (χ3n) is 10.1. The minimum absolute atomic E-state index is 0.0900. The highest BCUT2D eigenvalue weighted by molar-refractivity contribution is 6.02. The van der Waals surface area contributed by atoms with Crippen LogP contribution in [-0.2, 0) is 19.2 Å². The summed E-state index contributed by atoms with van der Waals surface area (Å²) in [6.45, 7) is 4.53. The van der Waals surface area contributed by atoms with Gasteiger partial charge in [-0.15, -0.1) is 0 Å². The second-order valence-electron chi connectivity index (χ2n) is 15.1. The van der Waals surface area contributed by atoms with Crippen LogP contribution in [0.25, 0.3) is 0 Å². The summed E-state index contributed by atoms with van der Waals surface area (Å²) < 4.78 is -0.519. The van der Waals surface area contributed by atoms with E-state index in [2.05, 4.69) is 13.8 Å². The van der Waals surface area contributed by atoms with Gasteiger partial charge in [-0.3, -0.25) is 9.59 Å². The van der Waals surface area contributed by atoms with Gasteiger partial charge in [-0.1, -0.05) is 194 Å². The fourth-order valence-electron chi connectivity index (χ4n) is 6.44. The van der Waals surface area contributed by atoms with Crippen molar-refractivity contribution in [1.82, 2.24) is 0 Å². The fraction of sp³-hybridized carbons (Fsp3) is 0.905. The monoisotopic (exact) mass is 663 g/mol. The Bertz CT molecular complexity index is 713. The molecule has 2 amide bonds. The first-order chi connectivity index (χ1) is 22.8. The largest absolute Gasteiger partial charge is 0.328 e. The molecule has 0 spiro atoms. The summed E-state index contributed by atoms with van der Waals surface area (Å²) in [4.78, 5) is 50.4. The number of quaternary nitrogens is 1. The van der Waals surface area contributed by atoms with Crippen molar-refractivity contribution in [2.45, 2.75) is 232 Å². The fourth-order valence-corrected chi connectivity index (χ4v) is 6.44. The van der Waals surface area contributed by atoms with Gasteiger partial charge in [0.25, 0.3) is 0 Å². The summed E-state index contributed by atoms with van der Waals surface area (Å²) in [5.74, 6) is -0.984. The maximum absolute atomic E-state index is 12.8. The smallest absolute Gasteiger partial charge is 0.299 e. The van der Waals surface area contributed by atoms with Crippen LogP contribution in [0.2, 0.25) is 0 Å². The van der Waals surface area contributed by atoms with Crippen molar-refractivity contribution in [1.29, 1.82) is 0 Å². The standard InChI is InChI=1S/C42H80NO4/c1-5-7-9-11-13-15-17-19-21-23-25-27-29-31-33-35-39(44)37-41(46)43(3,4)42(47)38-40(45)36-34-32-30-28-26-24-22-20-18-16-14-12-10-8-6-2/h5-38H2,1-4H3/q+1. The van der Waals surface area contributed by atoms with E-state index in [-0.39, 0.29) is 24.4 Å². The van der Waals surface area contributed by atoms with E-state index in [0.29, 0.717) is 12.8 Å². The topological polar surface area (TPSA) is 68.3 Å². The predicted octanol–water partition coefficient (Wildman–Crippen LogP) is 12.6. The van der Waals surface area contributed by atoms with Gasteiger partial charge in [-0.25, -0.2) is 14.1 Å². The minimum atomic E-state index is -0.519. The molecule has 0 rings (SSSR count). The Morgan fingerprint density at radius 1 is 0.319 bits per heavy atom. The van der Waals surface area contributed by atoms with Crippen LogP contribution in [0.5, 0.6) is 0 Å². The normalized spacial score (nSPS) is 11.7. The average Bonchev–Trinajstić information content (AvgIpc) is 3.04. The molecule has 0 saturated carbocycles. The Kier molecular flexibility index (Phi) is 32.2. The average molecular weight is 663 g/mol. The van der Waals surface area contributed by atoms with Gasteiger partial charge >= 0.3 is 11.8 Å². The molecule has 0 aromatic rings. The first-order valence-corrected chi connectivity index (χ1v) is 20.7. The summed E-state index contributed by atoms with van der Waals surface area (Å²) in [6.07, 6.45) is 38.7. The van der Waals surface area contributed by atoms with Gasteiger partial charge in [0.2, 0.25) is 0 Å². The van der Waals surface area contributed by atoms with Crippen LogP contribution in [0.15, 0.2) is 0 Å². The van der Waals surface area contributed by atoms with Gasteiger partial charge in [0.15, 0.2) is 0 Å². The quantitative estimate of drug-likeness (QED) is 0.0380. The van der Waals surface area contributed by atoms with Crippen molar-refractivity contribution in [2.75, 3.05) is 14.1 Å². The Morgan fingerprint density at radius 3 is 0.723 bits per heavy atom. The molecule has 5 nitrogen and oxygen atoms in total. The molecule has 47 heavy (non-hydrogen) atoms. The van der Waals surface area contributed by atoms with E-state index in [0.717, 1.165) is 38.5 Å². The number of carbonyl (C=O) groups is 4. The third-order valence-corrected chi connectivity index (χ3v) is 10.1. The molecule has 5 heteroatoms. The van der Waals surface area contributed by atoms with Crippen LogP contribution in [-0.4, -0.2) is 42.0 Å². The van der Waals surface area contributed by atoms with E-state index < -0.39 is 16.3 Å². The van der Waals surface area contributed by atoms with E-state index in [1.54, 1.807) is 0 Å². The van der Waals surface area contributed by atoms with E-state index in [4.69, 9.17) is 0 Å². The molecule has 0 heterocycles. The first-order valence-electron chi connectivity index (χ1n) is 20.7. The molecular formula is C42H80NO4+. The summed E-state index contributed by atoms with van der Waals surface area (Å²) in [6, 6.07) is 0. The van der Waals surface area contributed by atoms with Crippen molar-refractivity contribution in [2.24, 2.45) is 0 Å². The molecule has 0 aliphatic rings. The summed E-state index contributed by atoms with van der Waals surface area (Å²) in [5.41, 5.74) is 0. The molecule has 0 aromatic carbocycles. The van der Waals surface area contributed by atoms with E-state index >= 15 is 0 Å². The summed E-state index contributed by atoms with van der Waals surface area (Å²) >= 11 is 0. The van der Waals surface area contributed by atoms with Crippen molar-refractivity contribution >= 4 is 23.4 Å². The van der Waals surface area contributed by atoms with Crippen molar-refractivity contribution in [3.05, 3.63) is 0 Å². The lowest BCUT2D eigenvalue weighted by molar-refractivity contribution is -0.735. The lowest BCUT2D eigenvalue weighted by Crippen LogP contribution is -2.51. The highest BCUT2D eigenvalue weighted by Gasteiger charge is 2.37. The molecule has 0 N–H and O–H groups in total. The molecule has 0 radical (unpaired) electrons. The summed E-state index contributed by atoms with van der Waals surface area (Å²) in [7, 11) is 3.04. The van der Waals surface area contributed by atoms with Crippen molar-refractivity contribution in [3.63, 3.8) is 0 Å². The van der Waals surface area contributed by atoms with Gasteiger partial charge in [0.1, 0.15) is 24.4 Å². The minimum Gasteiger partial charge on any atom is -0.299 e. The number of hydrogen-bond donors (Lipinski definition) is 0. The second-order valence-corrected chi connectivity index (χ2v) is 15.1. The number of carbonyl (C=O) groups excluding carboxylic acids is 4. The maximum atomic E-state index is 12.8. The Labute approximate surface area is 292 Å². The van der Waals surface area contributed by atoms with Gasteiger partial charge in [0, 0.05) is 12.8 Å². The zero-order valence-corrected chi connectivity index (χ0v) is 32.1. The number of imide groups is 1. The molecule has 0 unspecified atom stereocenters. The second kappa shape index (κ2) is 33.2.